The molecule has 126 valence electrons. The molecule has 24 heavy (non-hydrogen) atoms. The zero-order valence-electron chi connectivity index (χ0n) is 13.7. The summed E-state index contributed by atoms with van der Waals surface area (Å²) in [6.45, 7) is 2.15. The van der Waals surface area contributed by atoms with Gasteiger partial charge in [0.25, 0.3) is 0 Å². The Balaban J connectivity index is 1.92. The van der Waals surface area contributed by atoms with Crippen molar-refractivity contribution in [2.75, 3.05) is 13.7 Å². The molecule has 0 fully saturated rings. The first-order valence-electron chi connectivity index (χ1n) is 7.86. The Kier molecular flexibility index (Phi) is 4.85. The quantitative estimate of drug-likeness (QED) is 0.660. The summed E-state index contributed by atoms with van der Waals surface area (Å²) in [6, 6.07) is 5.05. The number of carbonyl (C=O) groups excluding carboxylic acids is 1. The van der Waals surface area contributed by atoms with E-state index in [1.165, 1.54) is 12.0 Å². The van der Waals surface area contributed by atoms with Crippen LogP contribution in [0, 0.1) is 0 Å². The monoisotopic (exact) mass is 345 g/mol. The summed E-state index contributed by atoms with van der Waals surface area (Å²) < 4.78 is 10.2. The van der Waals surface area contributed by atoms with Gasteiger partial charge in [0.2, 0.25) is 0 Å². The van der Waals surface area contributed by atoms with Gasteiger partial charge in [-0.25, -0.2) is 9.79 Å². The smallest absolute Gasteiger partial charge is 0.341 e. The summed E-state index contributed by atoms with van der Waals surface area (Å²) in [5, 5.41) is 10.5. The number of methoxy groups -OCH3 is 1. The predicted molar refractivity (Wildman–Crippen MR) is 94.2 cm³/mol. The molecule has 0 radical (unpaired) electrons. The fraction of sp³-hybridized carbons (Fsp3) is 0.333. The first-order chi connectivity index (χ1) is 11.6. The molecule has 1 aliphatic rings. The van der Waals surface area contributed by atoms with Gasteiger partial charge in [-0.15, -0.1) is 11.3 Å². The summed E-state index contributed by atoms with van der Waals surface area (Å²) in [5.41, 5.74) is 2.42. The summed E-state index contributed by atoms with van der Waals surface area (Å²) in [5.74, 6) is 0.164. The lowest BCUT2D eigenvalue weighted by molar-refractivity contribution is 0.0527. The Morgan fingerprint density at radius 1 is 1.42 bits per heavy atom. The number of esters is 1. The third kappa shape index (κ3) is 3.14. The molecule has 0 aliphatic heterocycles. The summed E-state index contributed by atoms with van der Waals surface area (Å²) in [6.07, 6.45) is 4.61. The van der Waals surface area contributed by atoms with Gasteiger partial charge >= 0.3 is 5.97 Å². The molecule has 6 heteroatoms. The average Bonchev–Trinajstić information content (AvgIpc) is 3.13. The Hall–Kier alpha value is -2.34. The third-order valence-corrected chi connectivity index (χ3v) is 5.12. The van der Waals surface area contributed by atoms with Crippen LogP contribution in [0.3, 0.4) is 0 Å². The molecule has 0 saturated carbocycles. The van der Waals surface area contributed by atoms with Gasteiger partial charge in [0.1, 0.15) is 5.00 Å². The van der Waals surface area contributed by atoms with Crippen molar-refractivity contribution in [2.45, 2.75) is 26.2 Å². The summed E-state index contributed by atoms with van der Waals surface area (Å²) in [7, 11) is 1.50. The lowest BCUT2D eigenvalue weighted by atomic mass is 10.1. The molecule has 0 saturated heterocycles. The number of phenolic OH excluding ortho intramolecular Hbond substituents is 1. The molecule has 0 atom stereocenters. The molecule has 1 heterocycles. The number of phenols is 1. The van der Waals surface area contributed by atoms with Crippen molar-refractivity contribution in [3.63, 3.8) is 0 Å². The first-order valence-corrected chi connectivity index (χ1v) is 8.68. The fourth-order valence-corrected chi connectivity index (χ4v) is 4.04. The van der Waals surface area contributed by atoms with Gasteiger partial charge in [-0.05, 0) is 55.5 Å². The maximum atomic E-state index is 12.3. The second kappa shape index (κ2) is 7.05. The van der Waals surface area contributed by atoms with Crippen molar-refractivity contribution in [2.24, 2.45) is 4.99 Å². The van der Waals surface area contributed by atoms with Crippen LogP contribution in [0.2, 0.25) is 0 Å². The van der Waals surface area contributed by atoms with Crippen LogP contribution in [0.4, 0.5) is 5.00 Å². The van der Waals surface area contributed by atoms with Crippen LogP contribution in [0.1, 0.15) is 39.7 Å². The SMILES string of the molecule is CCOC(=O)c1c(N=Cc2ccc(OC)c(O)c2)sc2c1CCC2. The van der Waals surface area contributed by atoms with Crippen LogP contribution < -0.4 is 4.74 Å². The average molecular weight is 345 g/mol. The third-order valence-electron chi connectivity index (χ3n) is 3.92. The number of aliphatic imine (C=N–C) groups is 1. The normalized spacial score (nSPS) is 13.2. The van der Waals surface area contributed by atoms with Crippen molar-refractivity contribution < 1.29 is 19.4 Å². The molecule has 5 nitrogen and oxygen atoms in total. The van der Waals surface area contributed by atoms with Crippen LogP contribution in [0.25, 0.3) is 0 Å². The van der Waals surface area contributed by atoms with Crippen LogP contribution in [-0.4, -0.2) is 31.0 Å². The van der Waals surface area contributed by atoms with Crippen LogP contribution in [0.5, 0.6) is 11.5 Å². The van der Waals surface area contributed by atoms with Crippen molar-refractivity contribution in [1.29, 1.82) is 0 Å². The summed E-state index contributed by atoms with van der Waals surface area (Å²) >= 11 is 1.55. The number of hydrogen-bond acceptors (Lipinski definition) is 6. The van der Waals surface area contributed by atoms with E-state index in [9.17, 15) is 9.90 Å². The van der Waals surface area contributed by atoms with Crippen molar-refractivity contribution in [3.05, 3.63) is 39.8 Å². The van der Waals surface area contributed by atoms with E-state index in [1.54, 1.807) is 42.7 Å². The number of benzene rings is 1. The fourth-order valence-electron chi connectivity index (χ4n) is 2.82. The molecular weight excluding hydrogens is 326 g/mol. The highest BCUT2D eigenvalue weighted by atomic mass is 32.1. The molecule has 1 aliphatic carbocycles. The molecule has 1 aromatic heterocycles. The zero-order chi connectivity index (χ0) is 17.1. The molecule has 0 amide bonds. The van der Waals surface area contributed by atoms with Gasteiger partial charge in [0.15, 0.2) is 11.5 Å². The molecule has 1 N–H and O–H groups in total. The van der Waals surface area contributed by atoms with E-state index in [1.807, 2.05) is 0 Å². The van der Waals surface area contributed by atoms with E-state index in [2.05, 4.69) is 4.99 Å². The predicted octanol–water partition coefficient (Wildman–Crippen LogP) is 3.88. The topological polar surface area (TPSA) is 68.1 Å². The number of fused-ring (bicyclic) bond motifs is 1. The molecular formula is C18H19NO4S. The molecule has 1 aromatic carbocycles. The lowest BCUT2D eigenvalue weighted by Gasteiger charge is -2.04. The highest BCUT2D eigenvalue weighted by Gasteiger charge is 2.27. The lowest BCUT2D eigenvalue weighted by Crippen LogP contribution is -2.06. The number of aromatic hydroxyl groups is 1. The van der Waals surface area contributed by atoms with Gasteiger partial charge in [-0.1, -0.05) is 0 Å². The van der Waals surface area contributed by atoms with E-state index < -0.39 is 0 Å². The van der Waals surface area contributed by atoms with E-state index in [0.717, 1.165) is 30.4 Å². The number of aryl methyl sites for hydroxylation is 1. The van der Waals surface area contributed by atoms with Crippen LogP contribution in [-0.2, 0) is 17.6 Å². The minimum Gasteiger partial charge on any atom is -0.504 e. The van der Waals surface area contributed by atoms with Crippen molar-refractivity contribution in [1.82, 2.24) is 0 Å². The van der Waals surface area contributed by atoms with Gasteiger partial charge in [-0.3, -0.25) is 0 Å². The minimum atomic E-state index is -0.304. The standard InChI is InChI=1S/C18H19NO4S/c1-3-23-18(21)16-12-5-4-6-15(12)24-17(16)19-10-11-7-8-14(22-2)13(20)9-11/h7-10,20H,3-6H2,1-2H3. The van der Waals surface area contributed by atoms with Gasteiger partial charge in [-0.2, -0.15) is 0 Å². The molecule has 0 unspecified atom stereocenters. The number of thiophene rings is 1. The van der Waals surface area contributed by atoms with E-state index >= 15 is 0 Å². The highest BCUT2D eigenvalue weighted by Crippen LogP contribution is 2.41. The highest BCUT2D eigenvalue weighted by molar-refractivity contribution is 7.16. The van der Waals surface area contributed by atoms with Crippen molar-refractivity contribution >= 4 is 28.5 Å². The van der Waals surface area contributed by atoms with Crippen LogP contribution in [0.15, 0.2) is 23.2 Å². The number of carbonyl (C=O) groups is 1. The number of rotatable bonds is 5. The Bertz CT molecular complexity index is 795. The molecule has 3 rings (SSSR count). The summed E-state index contributed by atoms with van der Waals surface area (Å²) in [4.78, 5) is 18.0. The number of hydrogen-bond donors (Lipinski definition) is 1. The maximum Gasteiger partial charge on any atom is 0.341 e. The molecule has 0 spiro atoms. The van der Waals surface area contributed by atoms with Gasteiger partial charge in [0, 0.05) is 11.1 Å². The molecule has 2 aromatic rings. The second-order valence-corrected chi connectivity index (χ2v) is 6.53. The Labute approximate surface area is 144 Å². The number of ether oxygens (including phenoxy) is 2. The van der Waals surface area contributed by atoms with Crippen molar-refractivity contribution in [3.8, 4) is 11.5 Å². The maximum absolute atomic E-state index is 12.3. The Morgan fingerprint density at radius 2 is 2.25 bits per heavy atom. The first kappa shape index (κ1) is 16.5. The zero-order valence-corrected chi connectivity index (χ0v) is 14.5. The second-order valence-electron chi connectivity index (χ2n) is 5.45. The minimum absolute atomic E-state index is 0.0562. The van der Waals surface area contributed by atoms with Gasteiger partial charge in [0.05, 0.1) is 19.3 Å². The van der Waals surface area contributed by atoms with E-state index in [4.69, 9.17) is 9.47 Å². The van der Waals surface area contributed by atoms with E-state index in [-0.39, 0.29) is 11.7 Å². The van der Waals surface area contributed by atoms with E-state index in [0.29, 0.717) is 22.9 Å². The number of nitrogens with zero attached hydrogens (tertiary/aromatic N) is 1. The largest absolute Gasteiger partial charge is 0.504 e. The van der Waals surface area contributed by atoms with Gasteiger partial charge < -0.3 is 14.6 Å². The van der Waals surface area contributed by atoms with Crippen LogP contribution >= 0.6 is 11.3 Å². The Morgan fingerprint density at radius 3 is 2.96 bits per heavy atom. The molecule has 0 bridgehead atoms.